The van der Waals surface area contributed by atoms with Gasteiger partial charge in [0.05, 0.1) is 0 Å². The van der Waals surface area contributed by atoms with Gasteiger partial charge in [0.2, 0.25) is 0 Å². The summed E-state index contributed by atoms with van der Waals surface area (Å²) in [6.45, 7) is 5.46. The average molecular weight is 298 g/mol. The van der Waals surface area contributed by atoms with E-state index in [0.29, 0.717) is 11.0 Å². The maximum Gasteiger partial charge on any atom is 0.156 e. The summed E-state index contributed by atoms with van der Waals surface area (Å²) < 4.78 is 26.6. The summed E-state index contributed by atoms with van der Waals surface area (Å²) in [5.41, 5.74) is 0.621. The van der Waals surface area contributed by atoms with Gasteiger partial charge >= 0.3 is 0 Å². The molecule has 1 heterocycles. The largest absolute Gasteiger partial charge is 0.361 e. The topological polar surface area (TPSA) is 24.4 Å². The highest BCUT2D eigenvalue weighted by Crippen LogP contribution is 2.34. The van der Waals surface area contributed by atoms with Crippen molar-refractivity contribution in [1.29, 1.82) is 0 Å². The van der Waals surface area contributed by atoms with E-state index >= 15 is 0 Å². The van der Waals surface area contributed by atoms with Gasteiger partial charge < -0.3 is 5.32 Å². The summed E-state index contributed by atoms with van der Waals surface area (Å²) in [4.78, 5) is 4.54. The van der Waals surface area contributed by atoms with Crippen molar-refractivity contribution in [2.24, 2.45) is 10.4 Å². The molecule has 0 amide bonds. The van der Waals surface area contributed by atoms with Crippen LogP contribution in [0.2, 0.25) is 0 Å². The molecule has 0 saturated heterocycles. The molecule has 0 unspecified atom stereocenters. The number of halogens is 2. The SMILES string of the molecule is CCC1(CC)CN=C(NCc2cc(F)ccc2F)SC1. The molecule has 110 valence electrons. The van der Waals surface area contributed by atoms with Gasteiger partial charge in [0, 0.05) is 24.4 Å². The molecule has 1 aliphatic rings. The van der Waals surface area contributed by atoms with E-state index in [1.165, 1.54) is 6.07 Å². The normalized spacial score (nSPS) is 17.7. The molecular formula is C15H20F2N2S. The number of hydrogen-bond donors (Lipinski definition) is 1. The summed E-state index contributed by atoms with van der Waals surface area (Å²) in [6.07, 6.45) is 2.23. The number of benzene rings is 1. The van der Waals surface area contributed by atoms with Crippen LogP contribution < -0.4 is 5.32 Å². The maximum absolute atomic E-state index is 13.5. The Hall–Kier alpha value is -1.10. The van der Waals surface area contributed by atoms with Crippen LogP contribution in [-0.2, 0) is 6.54 Å². The molecule has 0 aromatic heterocycles. The van der Waals surface area contributed by atoms with Gasteiger partial charge in [-0.2, -0.15) is 0 Å². The van der Waals surface area contributed by atoms with E-state index in [9.17, 15) is 8.78 Å². The molecule has 0 radical (unpaired) electrons. The Morgan fingerprint density at radius 1 is 1.30 bits per heavy atom. The smallest absolute Gasteiger partial charge is 0.156 e. The molecule has 1 aromatic carbocycles. The van der Waals surface area contributed by atoms with Gasteiger partial charge in [-0.15, -0.1) is 0 Å². The van der Waals surface area contributed by atoms with Crippen molar-refractivity contribution in [3.63, 3.8) is 0 Å². The fraction of sp³-hybridized carbons (Fsp3) is 0.533. The maximum atomic E-state index is 13.5. The fourth-order valence-corrected chi connectivity index (χ4v) is 3.46. The number of nitrogens with one attached hydrogen (secondary N) is 1. The summed E-state index contributed by atoms with van der Waals surface area (Å²) in [6, 6.07) is 3.50. The van der Waals surface area contributed by atoms with E-state index < -0.39 is 11.6 Å². The number of amidine groups is 1. The Bertz CT molecular complexity index is 499. The lowest BCUT2D eigenvalue weighted by molar-refractivity contribution is 0.318. The summed E-state index contributed by atoms with van der Waals surface area (Å²) in [5.74, 6) is 0.214. The van der Waals surface area contributed by atoms with E-state index in [1.807, 2.05) is 0 Å². The van der Waals surface area contributed by atoms with Crippen LogP contribution in [0.1, 0.15) is 32.3 Å². The van der Waals surface area contributed by atoms with Crippen LogP contribution >= 0.6 is 11.8 Å². The minimum Gasteiger partial charge on any atom is -0.361 e. The first-order valence-electron chi connectivity index (χ1n) is 6.93. The Morgan fingerprint density at radius 3 is 2.65 bits per heavy atom. The van der Waals surface area contributed by atoms with Gasteiger partial charge in [-0.3, -0.25) is 4.99 Å². The quantitative estimate of drug-likeness (QED) is 0.910. The number of aliphatic imine (C=N–C) groups is 1. The van der Waals surface area contributed by atoms with Crippen LogP contribution in [0, 0.1) is 17.0 Å². The zero-order valence-electron chi connectivity index (χ0n) is 11.9. The lowest BCUT2D eigenvalue weighted by atomic mass is 9.84. The third-order valence-corrected chi connectivity index (χ3v) is 5.31. The highest BCUT2D eigenvalue weighted by atomic mass is 32.2. The lowest BCUT2D eigenvalue weighted by Gasteiger charge is -2.33. The van der Waals surface area contributed by atoms with Gasteiger partial charge in [0.15, 0.2) is 5.17 Å². The van der Waals surface area contributed by atoms with Crippen LogP contribution in [0.3, 0.4) is 0 Å². The molecule has 1 N–H and O–H groups in total. The lowest BCUT2D eigenvalue weighted by Crippen LogP contribution is -2.34. The van der Waals surface area contributed by atoms with Crippen LogP contribution in [0.5, 0.6) is 0 Å². The van der Waals surface area contributed by atoms with Crippen molar-refractivity contribution < 1.29 is 8.78 Å². The minimum atomic E-state index is -0.419. The predicted octanol–water partition coefficient (Wildman–Crippen LogP) is 3.96. The first-order valence-corrected chi connectivity index (χ1v) is 7.92. The molecule has 0 saturated carbocycles. The second-order valence-corrected chi connectivity index (χ2v) is 6.17. The Balaban J connectivity index is 1.95. The molecule has 0 aliphatic carbocycles. The second kappa shape index (κ2) is 6.57. The molecule has 0 spiro atoms. The highest BCUT2D eigenvalue weighted by Gasteiger charge is 2.29. The molecule has 2 rings (SSSR count). The van der Waals surface area contributed by atoms with Crippen molar-refractivity contribution in [3.05, 3.63) is 35.4 Å². The first kappa shape index (κ1) is 15.3. The molecule has 1 aliphatic heterocycles. The van der Waals surface area contributed by atoms with Gasteiger partial charge in [-0.05, 0) is 36.5 Å². The zero-order chi connectivity index (χ0) is 14.6. The molecule has 0 fully saturated rings. The molecule has 5 heteroatoms. The molecule has 20 heavy (non-hydrogen) atoms. The monoisotopic (exact) mass is 298 g/mol. The molecule has 2 nitrogen and oxygen atoms in total. The number of rotatable bonds is 4. The summed E-state index contributed by atoms with van der Waals surface area (Å²) in [7, 11) is 0. The van der Waals surface area contributed by atoms with Crippen LogP contribution in [0.25, 0.3) is 0 Å². The standard InChI is InChI=1S/C15H20F2N2S/c1-3-15(4-2)9-19-14(20-10-15)18-8-11-7-12(16)5-6-13(11)17/h5-7H,3-4,8-10H2,1-2H3,(H,18,19). The molecule has 1 aromatic rings. The van der Waals surface area contributed by atoms with Gasteiger partial charge in [0.25, 0.3) is 0 Å². The van der Waals surface area contributed by atoms with E-state index in [1.54, 1.807) is 11.8 Å². The van der Waals surface area contributed by atoms with Crippen LogP contribution in [0.4, 0.5) is 8.78 Å². The van der Waals surface area contributed by atoms with Crippen molar-refractivity contribution in [2.45, 2.75) is 33.2 Å². The number of thioether (sulfide) groups is 1. The van der Waals surface area contributed by atoms with Crippen molar-refractivity contribution in [3.8, 4) is 0 Å². The summed E-state index contributed by atoms with van der Waals surface area (Å²) >= 11 is 1.67. The van der Waals surface area contributed by atoms with E-state index in [2.05, 4.69) is 24.2 Å². The van der Waals surface area contributed by atoms with Crippen molar-refractivity contribution in [2.75, 3.05) is 12.3 Å². The highest BCUT2D eigenvalue weighted by molar-refractivity contribution is 8.13. The van der Waals surface area contributed by atoms with Crippen molar-refractivity contribution in [1.82, 2.24) is 5.32 Å². The first-order chi connectivity index (χ1) is 9.58. The van der Waals surface area contributed by atoms with E-state index in [0.717, 1.165) is 42.4 Å². The Kier molecular flexibility index (Phi) is 5.02. The molecule has 0 atom stereocenters. The van der Waals surface area contributed by atoms with E-state index in [4.69, 9.17) is 0 Å². The van der Waals surface area contributed by atoms with Gasteiger partial charge in [-0.1, -0.05) is 25.6 Å². The summed E-state index contributed by atoms with van der Waals surface area (Å²) in [5, 5.41) is 3.92. The number of hydrogen-bond acceptors (Lipinski definition) is 3. The number of nitrogens with zero attached hydrogens (tertiary/aromatic N) is 1. The fourth-order valence-electron chi connectivity index (χ4n) is 2.19. The third-order valence-electron chi connectivity index (χ3n) is 4.01. The molecular weight excluding hydrogens is 278 g/mol. The Morgan fingerprint density at radius 2 is 2.05 bits per heavy atom. The Labute approximate surface area is 123 Å². The minimum absolute atomic E-state index is 0.265. The average Bonchev–Trinajstić information content (AvgIpc) is 2.49. The predicted molar refractivity (Wildman–Crippen MR) is 81.0 cm³/mol. The molecule has 0 bridgehead atoms. The third kappa shape index (κ3) is 3.51. The van der Waals surface area contributed by atoms with Gasteiger partial charge in [0.1, 0.15) is 11.6 Å². The zero-order valence-corrected chi connectivity index (χ0v) is 12.7. The van der Waals surface area contributed by atoms with Crippen LogP contribution in [-0.4, -0.2) is 17.5 Å². The second-order valence-electron chi connectivity index (χ2n) is 5.21. The van der Waals surface area contributed by atoms with Crippen LogP contribution in [0.15, 0.2) is 23.2 Å². The van der Waals surface area contributed by atoms with Gasteiger partial charge in [-0.25, -0.2) is 8.78 Å². The van der Waals surface area contributed by atoms with Crippen molar-refractivity contribution >= 4 is 16.9 Å². The van der Waals surface area contributed by atoms with E-state index in [-0.39, 0.29) is 6.54 Å².